The van der Waals surface area contributed by atoms with Gasteiger partial charge in [-0.3, -0.25) is 4.79 Å². The molecule has 1 aromatic heterocycles. The molecule has 0 aliphatic heterocycles. The number of methoxy groups -OCH3 is 1. The molecular formula is C30H22N2O7. The number of ether oxygens (including phenoxy) is 3. The zero-order valence-corrected chi connectivity index (χ0v) is 20.7. The summed E-state index contributed by atoms with van der Waals surface area (Å²) in [6.45, 7) is 0. The Labute approximate surface area is 222 Å². The van der Waals surface area contributed by atoms with Crippen molar-refractivity contribution >= 4 is 34.3 Å². The Morgan fingerprint density at radius 1 is 0.692 bits per heavy atom. The summed E-state index contributed by atoms with van der Waals surface area (Å²) in [6.07, 6.45) is 0. The van der Waals surface area contributed by atoms with Crippen LogP contribution in [0.3, 0.4) is 0 Å². The Kier molecular flexibility index (Phi) is 6.71. The maximum atomic E-state index is 13.7. The zero-order chi connectivity index (χ0) is 27.5. The van der Waals surface area contributed by atoms with Crippen LogP contribution in [0.1, 0.15) is 20.7 Å². The van der Waals surface area contributed by atoms with Crippen molar-refractivity contribution in [3.63, 3.8) is 0 Å². The van der Waals surface area contributed by atoms with E-state index >= 15 is 0 Å². The summed E-state index contributed by atoms with van der Waals surface area (Å²) in [5, 5.41) is 0.0509. The van der Waals surface area contributed by atoms with E-state index in [1.54, 1.807) is 48.5 Å². The zero-order valence-electron chi connectivity index (χ0n) is 20.7. The van der Waals surface area contributed by atoms with Gasteiger partial charge in [0.1, 0.15) is 17.1 Å². The van der Waals surface area contributed by atoms with E-state index in [0.717, 1.165) is 0 Å². The number of carbonyl (C=O) groups is 2. The van der Waals surface area contributed by atoms with Gasteiger partial charge in [-0.05, 0) is 91.0 Å². The Morgan fingerprint density at radius 2 is 1.23 bits per heavy atom. The molecule has 194 valence electrons. The highest BCUT2D eigenvalue weighted by molar-refractivity contribution is 5.94. The average molecular weight is 523 g/mol. The van der Waals surface area contributed by atoms with Crippen LogP contribution in [0.4, 0.5) is 11.4 Å². The number of anilines is 2. The Balaban J connectivity index is 1.57. The molecule has 0 amide bonds. The summed E-state index contributed by atoms with van der Waals surface area (Å²) >= 11 is 0. The first-order valence-electron chi connectivity index (χ1n) is 11.7. The second-order valence-electron chi connectivity index (χ2n) is 8.50. The molecule has 0 aliphatic rings. The molecular weight excluding hydrogens is 500 g/mol. The first kappa shape index (κ1) is 25.1. The number of fused-ring (bicyclic) bond motifs is 1. The van der Waals surface area contributed by atoms with Crippen molar-refractivity contribution in [2.75, 3.05) is 18.6 Å². The third-order valence-corrected chi connectivity index (χ3v) is 5.87. The lowest BCUT2D eigenvalue weighted by molar-refractivity contribution is 0.0724. The van der Waals surface area contributed by atoms with Crippen molar-refractivity contribution in [2.24, 2.45) is 0 Å². The molecule has 0 bridgehead atoms. The molecule has 5 aromatic rings. The van der Waals surface area contributed by atoms with E-state index in [1.807, 2.05) is 0 Å². The molecule has 39 heavy (non-hydrogen) atoms. The third-order valence-electron chi connectivity index (χ3n) is 5.87. The molecule has 0 saturated carbocycles. The highest BCUT2D eigenvalue weighted by Gasteiger charge is 2.22. The van der Waals surface area contributed by atoms with Crippen LogP contribution in [0.25, 0.3) is 22.3 Å². The lowest BCUT2D eigenvalue weighted by Gasteiger charge is -2.12. The van der Waals surface area contributed by atoms with Gasteiger partial charge in [0.2, 0.25) is 11.2 Å². The smallest absolute Gasteiger partial charge is 0.343 e. The first-order chi connectivity index (χ1) is 18.8. The molecule has 0 spiro atoms. The van der Waals surface area contributed by atoms with Crippen molar-refractivity contribution < 1.29 is 28.2 Å². The van der Waals surface area contributed by atoms with Crippen molar-refractivity contribution in [3.8, 4) is 28.6 Å². The Bertz CT molecular complexity index is 1740. The average Bonchev–Trinajstić information content (AvgIpc) is 2.95. The maximum absolute atomic E-state index is 13.7. The van der Waals surface area contributed by atoms with Crippen molar-refractivity contribution in [3.05, 3.63) is 112 Å². The van der Waals surface area contributed by atoms with Gasteiger partial charge >= 0.3 is 11.9 Å². The van der Waals surface area contributed by atoms with Crippen molar-refractivity contribution in [2.45, 2.75) is 0 Å². The summed E-state index contributed by atoms with van der Waals surface area (Å²) in [4.78, 5) is 39.2. The van der Waals surface area contributed by atoms with E-state index < -0.39 is 17.4 Å². The second-order valence-corrected chi connectivity index (χ2v) is 8.50. The minimum absolute atomic E-state index is 0.0468. The number of nitrogen functional groups attached to an aromatic ring is 2. The summed E-state index contributed by atoms with van der Waals surface area (Å²) in [7, 11) is 1.53. The molecule has 4 N–H and O–H groups in total. The molecule has 5 rings (SSSR count). The molecule has 0 radical (unpaired) electrons. The van der Waals surface area contributed by atoms with Gasteiger partial charge < -0.3 is 30.1 Å². The van der Waals surface area contributed by atoms with Gasteiger partial charge in [-0.15, -0.1) is 0 Å². The van der Waals surface area contributed by atoms with Crippen LogP contribution in [0.2, 0.25) is 0 Å². The highest BCUT2D eigenvalue weighted by Crippen LogP contribution is 2.33. The Morgan fingerprint density at radius 3 is 1.79 bits per heavy atom. The van der Waals surface area contributed by atoms with Crippen LogP contribution < -0.4 is 31.1 Å². The van der Waals surface area contributed by atoms with Crippen LogP contribution in [0.5, 0.6) is 17.2 Å². The standard InChI is InChI=1S/C30H22N2O7/c1-36-22-12-6-17(7-13-22)27-28(39-30(35)19-4-10-21(32)11-5-19)26(33)24-16-23(14-15-25(24)38-27)37-29(34)18-2-8-20(31)9-3-18/h2-16H,31-32H2,1H3. The van der Waals surface area contributed by atoms with Gasteiger partial charge in [-0.1, -0.05) is 0 Å². The SMILES string of the molecule is COc1ccc(-c2oc3ccc(OC(=O)c4ccc(N)cc4)cc3c(=O)c2OC(=O)c2ccc(N)cc2)cc1. The number of benzene rings is 4. The second kappa shape index (κ2) is 10.4. The fourth-order valence-electron chi connectivity index (χ4n) is 3.80. The largest absolute Gasteiger partial charge is 0.497 e. The molecule has 4 aromatic carbocycles. The quantitative estimate of drug-likeness (QED) is 0.177. The van der Waals surface area contributed by atoms with E-state index in [2.05, 4.69) is 0 Å². The Hall–Kier alpha value is -5.57. The summed E-state index contributed by atoms with van der Waals surface area (Å²) in [5.74, 6) is -0.993. The van der Waals surface area contributed by atoms with Gasteiger partial charge in [-0.2, -0.15) is 0 Å². The number of hydrogen-bond acceptors (Lipinski definition) is 9. The predicted octanol–water partition coefficient (Wildman–Crippen LogP) is 5.07. The number of carbonyl (C=O) groups excluding carboxylic acids is 2. The van der Waals surface area contributed by atoms with Crippen LogP contribution in [-0.4, -0.2) is 19.0 Å². The molecule has 9 nitrogen and oxygen atoms in total. The van der Waals surface area contributed by atoms with Crippen LogP contribution in [-0.2, 0) is 0 Å². The van der Waals surface area contributed by atoms with Gasteiger partial charge in [0, 0.05) is 16.9 Å². The van der Waals surface area contributed by atoms with E-state index in [-0.39, 0.29) is 39.4 Å². The minimum atomic E-state index is -0.776. The minimum Gasteiger partial charge on any atom is -0.497 e. The molecule has 0 fully saturated rings. The topological polar surface area (TPSA) is 144 Å². The van der Waals surface area contributed by atoms with Crippen molar-refractivity contribution in [1.29, 1.82) is 0 Å². The molecule has 0 unspecified atom stereocenters. The van der Waals surface area contributed by atoms with Crippen LogP contribution in [0.15, 0.2) is 100 Å². The van der Waals surface area contributed by atoms with Gasteiger partial charge in [-0.25, -0.2) is 9.59 Å². The van der Waals surface area contributed by atoms with Crippen LogP contribution in [0, 0.1) is 0 Å². The van der Waals surface area contributed by atoms with Gasteiger partial charge in [0.25, 0.3) is 0 Å². The van der Waals surface area contributed by atoms with E-state index in [4.69, 9.17) is 30.1 Å². The van der Waals surface area contributed by atoms with Gasteiger partial charge in [0.05, 0.1) is 23.6 Å². The molecule has 9 heteroatoms. The normalized spacial score (nSPS) is 10.7. The number of rotatable bonds is 6. The monoisotopic (exact) mass is 522 g/mol. The predicted molar refractivity (Wildman–Crippen MR) is 146 cm³/mol. The lowest BCUT2D eigenvalue weighted by atomic mass is 10.1. The summed E-state index contributed by atoms with van der Waals surface area (Å²) < 4.78 is 22.3. The molecule has 1 heterocycles. The molecule has 0 aliphatic carbocycles. The lowest BCUT2D eigenvalue weighted by Crippen LogP contribution is -2.16. The first-order valence-corrected chi connectivity index (χ1v) is 11.7. The fourth-order valence-corrected chi connectivity index (χ4v) is 3.80. The van der Waals surface area contributed by atoms with E-state index in [9.17, 15) is 14.4 Å². The maximum Gasteiger partial charge on any atom is 0.343 e. The highest BCUT2D eigenvalue weighted by atomic mass is 16.5. The number of nitrogens with two attached hydrogens (primary N) is 2. The van der Waals surface area contributed by atoms with Crippen molar-refractivity contribution in [1.82, 2.24) is 0 Å². The van der Waals surface area contributed by atoms with Gasteiger partial charge in [0.15, 0.2) is 5.76 Å². The number of esters is 2. The molecule has 0 saturated heterocycles. The van der Waals surface area contributed by atoms with E-state index in [0.29, 0.717) is 22.7 Å². The van der Waals surface area contributed by atoms with Crippen LogP contribution >= 0.6 is 0 Å². The van der Waals surface area contributed by atoms with E-state index in [1.165, 1.54) is 49.6 Å². The molecule has 0 atom stereocenters. The third kappa shape index (κ3) is 5.28. The summed E-state index contributed by atoms with van der Waals surface area (Å²) in [6, 6.07) is 23.4. The fraction of sp³-hybridized carbons (Fsp3) is 0.0333. The summed E-state index contributed by atoms with van der Waals surface area (Å²) in [5.41, 5.74) is 12.9. The number of hydrogen-bond donors (Lipinski definition) is 2.